The van der Waals surface area contributed by atoms with Crippen molar-refractivity contribution in [1.29, 1.82) is 0 Å². The van der Waals surface area contributed by atoms with Gasteiger partial charge in [-0.15, -0.1) is 0 Å². The van der Waals surface area contributed by atoms with Gasteiger partial charge in [-0.3, -0.25) is 9.69 Å². The van der Waals surface area contributed by atoms with Crippen LogP contribution in [0.2, 0.25) is 0 Å². The van der Waals surface area contributed by atoms with E-state index in [-0.39, 0.29) is 17.9 Å². The highest BCUT2D eigenvalue weighted by Gasteiger charge is 2.29. The van der Waals surface area contributed by atoms with Crippen molar-refractivity contribution in [2.24, 2.45) is 0 Å². The van der Waals surface area contributed by atoms with Gasteiger partial charge in [0.25, 0.3) is 0 Å². The lowest BCUT2D eigenvalue weighted by Crippen LogP contribution is -2.55. The van der Waals surface area contributed by atoms with Crippen molar-refractivity contribution in [3.8, 4) is 0 Å². The number of piperazine rings is 1. The van der Waals surface area contributed by atoms with Crippen LogP contribution in [0, 0.1) is 11.6 Å². The van der Waals surface area contributed by atoms with E-state index >= 15 is 0 Å². The molecule has 0 N–H and O–H groups in total. The Labute approximate surface area is 170 Å². The summed E-state index contributed by atoms with van der Waals surface area (Å²) in [7, 11) is 2.15. The smallest absolute Gasteiger partial charge is 0.231 e. The maximum Gasteiger partial charge on any atom is 0.231 e. The van der Waals surface area contributed by atoms with Crippen molar-refractivity contribution in [3.63, 3.8) is 0 Å². The van der Waals surface area contributed by atoms with Gasteiger partial charge in [0, 0.05) is 48.7 Å². The Bertz CT molecular complexity index is 920. The van der Waals surface area contributed by atoms with Crippen LogP contribution in [0.15, 0.2) is 36.4 Å². The van der Waals surface area contributed by atoms with Gasteiger partial charge in [-0.2, -0.15) is 0 Å². The van der Waals surface area contributed by atoms with Crippen molar-refractivity contribution >= 4 is 17.3 Å². The zero-order valence-corrected chi connectivity index (χ0v) is 17.2. The predicted octanol–water partition coefficient (Wildman–Crippen LogP) is 3.63. The molecule has 2 unspecified atom stereocenters. The highest BCUT2D eigenvalue weighted by Crippen LogP contribution is 2.34. The fourth-order valence-electron chi connectivity index (χ4n) is 4.38. The van der Waals surface area contributed by atoms with Crippen molar-refractivity contribution in [3.05, 3.63) is 59.2 Å². The molecule has 2 aromatic carbocycles. The average molecular weight is 399 g/mol. The minimum Gasteiger partial charge on any atom is -0.368 e. The molecule has 1 fully saturated rings. The van der Waals surface area contributed by atoms with Crippen LogP contribution in [-0.2, 0) is 17.6 Å². The summed E-state index contributed by atoms with van der Waals surface area (Å²) in [6, 6.07) is 11.2. The van der Waals surface area contributed by atoms with E-state index in [9.17, 15) is 13.6 Å². The molecular formula is C23H27F2N3O. The third-order valence-corrected chi connectivity index (χ3v) is 6.36. The van der Waals surface area contributed by atoms with Crippen LogP contribution in [-0.4, -0.2) is 49.6 Å². The standard InChI is InChI=1S/C23H27F2N3O/c1-15-13-27(14-16(2)26(15)3)19-8-7-17-9-10-28(21(17)12-19)22(29)11-18-5-4-6-20(24)23(18)25/h4-8,12,15-16H,9-11,13-14H2,1-3H3. The molecule has 2 aliphatic rings. The van der Waals surface area contributed by atoms with Crippen LogP contribution < -0.4 is 9.80 Å². The van der Waals surface area contributed by atoms with E-state index in [1.165, 1.54) is 12.1 Å². The van der Waals surface area contributed by atoms with E-state index in [1.807, 2.05) is 0 Å². The molecule has 2 atom stereocenters. The summed E-state index contributed by atoms with van der Waals surface area (Å²) in [5.74, 6) is -2.06. The van der Waals surface area contributed by atoms with Gasteiger partial charge < -0.3 is 9.80 Å². The first-order valence-electron chi connectivity index (χ1n) is 10.2. The third-order valence-electron chi connectivity index (χ3n) is 6.36. The molecule has 4 nitrogen and oxygen atoms in total. The number of rotatable bonds is 3. The number of amides is 1. The van der Waals surface area contributed by atoms with Gasteiger partial charge in [-0.25, -0.2) is 8.78 Å². The molecule has 0 bridgehead atoms. The number of anilines is 2. The summed E-state index contributed by atoms with van der Waals surface area (Å²) in [4.78, 5) is 19.4. The van der Waals surface area contributed by atoms with Gasteiger partial charge in [-0.1, -0.05) is 18.2 Å². The summed E-state index contributed by atoms with van der Waals surface area (Å²) in [5.41, 5.74) is 3.22. The van der Waals surface area contributed by atoms with Crippen LogP contribution in [0.3, 0.4) is 0 Å². The number of likely N-dealkylation sites (N-methyl/N-ethyl adjacent to an activating group) is 1. The van der Waals surface area contributed by atoms with E-state index in [4.69, 9.17) is 0 Å². The van der Waals surface area contributed by atoms with E-state index in [0.717, 1.165) is 42.5 Å². The minimum absolute atomic E-state index is 0.0984. The van der Waals surface area contributed by atoms with E-state index in [1.54, 1.807) is 4.90 Å². The number of hydrogen-bond acceptors (Lipinski definition) is 3. The van der Waals surface area contributed by atoms with Gasteiger partial charge in [-0.05, 0) is 51.1 Å². The summed E-state index contributed by atoms with van der Waals surface area (Å²) >= 11 is 0. The Morgan fingerprint density at radius 1 is 1.10 bits per heavy atom. The number of halogens is 2. The number of nitrogens with zero attached hydrogens (tertiary/aromatic N) is 3. The number of fused-ring (bicyclic) bond motifs is 1. The lowest BCUT2D eigenvalue weighted by molar-refractivity contribution is -0.117. The number of carbonyl (C=O) groups excluding carboxylic acids is 1. The molecule has 2 aliphatic heterocycles. The number of carbonyl (C=O) groups is 1. The summed E-state index contributed by atoms with van der Waals surface area (Å²) in [6.07, 6.45) is 0.637. The molecule has 1 amide bonds. The minimum atomic E-state index is -0.936. The molecule has 154 valence electrons. The first-order valence-corrected chi connectivity index (χ1v) is 10.2. The zero-order valence-electron chi connectivity index (χ0n) is 17.2. The largest absolute Gasteiger partial charge is 0.368 e. The number of benzene rings is 2. The second-order valence-corrected chi connectivity index (χ2v) is 8.27. The molecular weight excluding hydrogens is 372 g/mol. The highest BCUT2D eigenvalue weighted by atomic mass is 19.2. The first-order chi connectivity index (χ1) is 13.8. The van der Waals surface area contributed by atoms with E-state index in [0.29, 0.717) is 18.6 Å². The van der Waals surface area contributed by atoms with Gasteiger partial charge in [0.05, 0.1) is 6.42 Å². The van der Waals surface area contributed by atoms with Crippen molar-refractivity contribution in [2.45, 2.75) is 38.8 Å². The molecule has 6 heteroatoms. The van der Waals surface area contributed by atoms with Crippen LogP contribution in [0.5, 0.6) is 0 Å². The molecule has 0 aliphatic carbocycles. The SMILES string of the molecule is CC1CN(c2ccc3c(c2)N(C(=O)Cc2cccc(F)c2F)CC3)CC(C)N1C. The monoisotopic (exact) mass is 399 g/mol. The molecule has 29 heavy (non-hydrogen) atoms. The molecule has 0 saturated carbocycles. The quantitative estimate of drug-likeness (QED) is 0.789. The van der Waals surface area contributed by atoms with Gasteiger partial charge in [0.2, 0.25) is 5.91 Å². The topological polar surface area (TPSA) is 26.8 Å². The molecule has 2 aromatic rings. The predicted molar refractivity (Wildman–Crippen MR) is 111 cm³/mol. The van der Waals surface area contributed by atoms with Crippen LogP contribution in [0.4, 0.5) is 20.2 Å². The summed E-state index contributed by atoms with van der Waals surface area (Å²) in [6.45, 7) is 6.88. The molecule has 0 radical (unpaired) electrons. The second-order valence-electron chi connectivity index (χ2n) is 8.27. The average Bonchev–Trinajstić information content (AvgIpc) is 3.12. The molecule has 0 aromatic heterocycles. The van der Waals surface area contributed by atoms with Crippen molar-refractivity contribution in [2.75, 3.05) is 36.5 Å². The van der Waals surface area contributed by atoms with Crippen LogP contribution in [0.25, 0.3) is 0 Å². The van der Waals surface area contributed by atoms with E-state index in [2.05, 4.69) is 48.9 Å². The Morgan fingerprint density at radius 2 is 1.83 bits per heavy atom. The second kappa shape index (κ2) is 7.75. The van der Waals surface area contributed by atoms with Gasteiger partial charge >= 0.3 is 0 Å². The molecule has 4 rings (SSSR count). The summed E-state index contributed by atoms with van der Waals surface area (Å²) in [5, 5.41) is 0. The Balaban J connectivity index is 1.56. The van der Waals surface area contributed by atoms with Crippen LogP contribution in [0.1, 0.15) is 25.0 Å². The first kappa shape index (κ1) is 19.8. The third kappa shape index (κ3) is 3.73. The zero-order chi connectivity index (χ0) is 20.7. The molecule has 2 heterocycles. The lowest BCUT2D eigenvalue weighted by Gasteiger charge is -2.43. The Hall–Kier alpha value is -2.47. The maximum absolute atomic E-state index is 14.0. The molecule has 0 spiro atoms. The highest BCUT2D eigenvalue weighted by molar-refractivity contribution is 5.97. The summed E-state index contributed by atoms with van der Waals surface area (Å²) < 4.78 is 27.5. The lowest BCUT2D eigenvalue weighted by atomic mass is 10.1. The fraction of sp³-hybridized carbons (Fsp3) is 0.435. The van der Waals surface area contributed by atoms with Gasteiger partial charge in [0.15, 0.2) is 11.6 Å². The Kier molecular flexibility index (Phi) is 5.30. The molecule has 1 saturated heterocycles. The van der Waals surface area contributed by atoms with E-state index < -0.39 is 11.6 Å². The Morgan fingerprint density at radius 3 is 2.55 bits per heavy atom. The van der Waals surface area contributed by atoms with Gasteiger partial charge in [0.1, 0.15) is 0 Å². The van der Waals surface area contributed by atoms with Crippen LogP contribution >= 0.6 is 0 Å². The fourth-order valence-corrected chi connectivity index (χ4v) is 4.38. The number of hydrogen-bond donors (Lipinski definition) is 0. The van der Waals surface area contributed by atoms with Crippen molar-refractivity contribution < 1.29 is 13.6 Å². The maximum atomic E-state index is 14.0. The van der Waals surface area contributed by atoms with Crippen molar-refractivity contribution in [1.82, 2.24) is 4.90 Å². The normalized spacial score (nSPS) is 22.1.